The largest absolute Gasteiger partial charge is 0.489 e. The summed E-state index contributed by atoms with van der Waals surface area (Å²) in [6.07, 6.45) is -0.0828. The van der Waals surface area contributed by atoms with E-state index in [9.17, 15) is 4.79 Å². The number of benzene rings is 1. The molecule has 1 aromatic rings. The van der Waals surface area contributed by atoms with Crippen LogP contribution in [0.4, 0.5) is 0 Å². The van der Waals surface area contributed by atoms with Gasteiger partial charge in [-0.15, -0.1) is 24.0 Å². The number of hydrogen-bond donors (Lipinski definition) is 3. The molecule has 0 aliphatic rings. The van der Waals surface area contributed by atoms with Gasteiger partial charge in [0.25, 0.3) is 0 Å². The minimum Gasteiger partial charge on any atom is -0.489 e. The fourth-order valence-electron chi connectivity index (χ4n) is 1.87. The molecule has 1 amide bonds. The van der Waals surface area contributed by atoms with Crippen LogP contribution in [0.5, 0.6) is 5.75 Å². The molecule has 7 nitrogen and oxygen atoms in total. The lowest BCUT2D eigenvalue weighted by atomic mass is 10.3. The number of ether oxygens (including phenoxy) is 2. The van der Waals surface area contributed by atoms with Gasteiger partial charge in [0.15, 0.2) is 5.96 Å². The molecule has 0 radical (unpaired) electrons. The van der Waals surface area contributed by atoms with Crippen molar-refractivity contribution in [3.63, 3.8) is 0 Å². The average Bonchev–Trinajstić information content (AvgIpc) is 2.59. The summed E-state index contributed by atoms with van der Waals surface area (Å²) in [6, 6.07) is 7.21. The molecule has 0 spiro atoms. The maximum Gasteiger partial charge on any atom is 0.241 e. The minimum absolute atomic E-state index is 0. The van der Waals surface area contributed by atoms with Crippen molar-refractivity contribution in [2.24, 2.45) is 4.99 Å². The highest BCUT2D eigenvalue weighted by molar-refractivity contribution is 14.0. The Labute approximate surface area is 177 Å². The van der Waals surface area contributed by atoms with Crippen molar-refractivity contribution >= 4 is 47.4 Å². The van der Waals surface area contributed by atoms with Gasteiger partial charge in [-0.2, -0.15) is 0 Å². The number of guanidine groups is 1. The quantitative estimate of drug-likeness (QED) is 0.199. The first-order valence-corrected chi connectivity index (χ1v) is 8.63. The van der Waals surface area contributed by atoms with E-state index in [2.05, 4.69) is 20.9 Å². The zero-order valence-electron chi connectivity index (χ0n) is 15.4. The van der Waals surface area contributed by atoms with Crippen LogP contribution in [-0.4, -0.2) is 57.9 Å². The van der Waals surface area contributed by atoms with Gasteiger partial charge in [0, 0.05) is 25.2 Å². The van der Waals surface area contributed by atoms with Gasteiger partial charge in [-0.25, -0.2) is 4.99 Å². The summed E-state index contributed by atoms with van der Waals surface area (Å²) in [5.41, 5.74) is 0. The molecule has 0 heterocycles. The number of nitrogens with zero attached hydrogens (tertiary/aromatic N) is 1. The molecule has 0 aliphatic heterocycles. The highest BCUT2D eigenvalue weighted by Crippen LogP contribution is 2.16. The Kier molecular flexibility index (Phi) is 14.1. The van der Waals surface area contributed by atoms with Gasteiger partial charge in [0.1, 0.15) is 18.4 Å². The predicted molar refractivity (Wildman–Crippen MR) is 116 cm³/mol. The molecule has 1 unspecified atom stereocenters. The van der Waals surface area contributed by atoms with Crippen LogP contribution in [0.15, 0.2) is 29.3 Å². The summed E-state index contributed by atoms with van der Waals surface area (Å²) in [4.78, 5) is 15.9. The second kappa shape index (κ2) is 14.9. The Balaban J connectivity index is 0.00000625. The summed E-state index contributed by atoms with van der Waals surface area (Å²) >= 11 is 5.85. The summed E-state index contributed by atoms with van der Waals surface area (Å²) < 4.78 is 10.7. The molecule has 148 valence electrons. The van der Waals surface area contributed by atoms with E-state index in [4.69, 9.17) is 21.1 Å². The molecule has 0 aromatic heterocycles. The molecule has 0 saturated heterocycles. The van der Waals surface area contributed by atoms with Crippen molar-refractivity contribution < 1.29 is 14.3 Å². The number of methoxy groups -OCH3 is 1. The third-order valence-corrected chi connectivity index (χ3v) is 3.31. The van der Waals surface area contributed by atoms with Crippen LogP contribution >= 0.6 is 35.6 Å². The van der Waals surface area contributed by atoms with Crippen LogP contribution in [0.3, 0.4) is 0 Å². The van der Waals surface area contributed by atoms with Crippen LogP contribution in [0.25, 0.3) is 0 Å². The monoisotopic (exact) mass is 498 g/mol. The van der Waals surface area contributed by atoms with Crippen molar-refractivity contribution in [1.29, 1.82) is 0 Å². The van der Waals surface area contributed by atoms with Crippen LogP contribution in [0, 0.1) is 0 Å². The number of carbonyl (C=O) groups is 1. The van der Waals surface area contributed by atoms with E-state index < -0.39 is 0 Å². The smallest absolute Gasteiger partial charge is 0.241 e. The molecule has 0 aliphatic carbocycles. The van der Waals surface area contributed by atoms with Crippen molar-refractivity contribution in [1.82, 2.24) is 16.0 Å². The number of aliphatic imine (C=N–C) groups is 1. The van der Waals surface area contributed by atoms with E-state index in [1.54, 1.807) is 19.2 Å². The maximum absolute atomic E-state index is 11.7. The molecular weight excluding hydrogens is 471 g/mol. The predicted octanol–water partition coefficient (Wildman–Crippen LogP) is 2.04. The maximum atomic E-state index is 11.7. The van der Waals surface area contributed by atoms with Crippen molar-refractivity contribution in [2.75, 3.05) is 39.9 Å². The second-order valence-corrected chi connectivity index (χ2v) is 5.74. The van der Waals surface area contributed by atoms with Crippen molar-refractivity contribution in [3.05, 3.63) is 29.3 Å². The highest BCUT2D eigenvalue weighted by Gasteiger charge is 2.07. The first-order chi connectivity index (χ1) is 12.0. The molecular formula is C17H28ClIN4O3. The SMILES string of the molecule is CCNC(=NCC(=O)NCCOC)NCC(C)Oc1ccc(Cl)cc1.I. The summed E-state index contributed by atoms with van der Waals surface area (Å²) in [7, 11) is 1.59. The molecule has 3 N–H and O–H groups in total. The number of rotatable bonds is 10. The Bertz CT molecular complexity index is 543. The third-order valence-electron chi connectivity index (χ3n) is 3.06. The fourth-order valence-corrected chi connectivity index (χ4v) is 1.99. The summed E-state index contributed by atoms with van der Waals surface area (Å²) in [5.74, 6) is 1.16. The van der Waals surface area contributed by atoms with Gasteiger partial charge < -0.3 is 25.4 Å². The normalized spacial score (nSPS) is 11.9. The first-order valence-electron chi connectivity index (χ1n) is 8.25. The minimum atomic E-state index is -0.153. The number of nitrogens with one attached hydrogen (secondary N) is 3. The van der Waals surface area contributed by atoms with Gasteiger partial charge in [0.2, 0.25) is 5.91 Å². The summed E-state index contributed by atoms with van der Waals surface area (Å²) in [6.45, 7) is 6.15. The molecule has 1 aromatic carbocycles. The Hall–Kier alpha value is -1.26. The topological polar surface area (TPSA) is 84.0 Å². The molecule has 0 saturated carbocycles. The molecule has 0 fully saturated rings. The second-order valence-electron chi connectivity index (χ2n) is 5.30. The lowest BCUT2D eigenvalue weighted by molar-refractivity contribution is -0.119. The van der Waals surface area contributed by atoms with Gasteiger partial charge in [-0.1, -0.05) is 11.6 Å². The van der Waals surface area contributed by atoms with Crippen LogP contribution in [0.1, 0.15) is 13.8 Å². The molecule has 9 heteroatoms. The van der Waals surface area contributed by atoms with E-state index in [0.717, 1.165) is 5.75 Å². The van der Waals surface area contributed by atoms with Gasteiger partial charge >= 0.3 is 0 Å². The van der Waals surface area contributed by atoms with Gasteiger partial charge in [-0.3, -0.25) is 4.79 Å². The molecule has 1 rings (SSSR count). The van der Waals surface area contributed by atoms with Gasteiger partial charge in [-0.05, 0) is 38.1 Å². The van der Waals surface area contributed by atoms with E-state index in [1.165, 1.54) is 0 Å². The molecule has 1 atom stereocenters. The number of halogens is 2. The molecule has 26 heavy (non-hydrogen) atoms. The Morgan fingerprint density at radius 2 is 1.92 bits per heavy atom. The zero-order valence-corrected chi connectivity index (χ0v) is 18.5. The number of hydrogen-bond acceptors (Lipinski definition) is 4. The van der Waals surface area contributed by atoms with E-state index in [0.29, 0.717) is 37.2 Å². The lowest BCUT2D eigenvalue weighted by Gasteiger charge is -2.17. The van der Waals surface area contributed by atoms with Crippen LogP contribution < -0.4 is 20.7 Å². The van der Waals surface area contributed by atoms with Gasteiger partial charge in [0.05, 0.1) is 13.2 Å². The van der Waals surface area contributed by atoms with E-state index in [-0.39, 0.29) is 42.5 Å². The Morgan fingerprint density at radius 3 is 2.54 bits per heavy atom. The molecule has 0 bridgehead atoms. The fraction of sp³-hybridized carbons (Fsp3) is 0.529. The zero-order chi connectivity index (χ0) is 18.5. The van der Waals surface area contributed by atoms with Crippen molar-refractivity contribution in [3.8, 4) is 5.75 Å². The summed E-state index contributed by atoms with van der Waals surface area (Å²) in [5, 5.41) is 9.64. The van der Waals surface area contributed by atoms with Crippen LogP contribution in [0.2, 0.25) is 5.02 Å². The Morgan fingerprint density at radius 1 is 1.23 bits per heavy atom. The number of amides is 1. The van der Waals surface area contributed by atoms with Crippen molar-refractivity contribution in [2.45, 2.75) is 20.0 Å². The van der Waals surface area contributed by atoms with Crippen LogP contribution in [-0.2, 0) is 9.53 Å². The lowest BCUT2D eigenvalue weighted by Crippen LogP contribution is -2.42. The van der Waals surface area contributed by atoms with E-state index in [1.807, 2.05) is 26.0 Å². The average molecular weight is 499 g/mol. The number of carbonyl (C=O) groups excluding carboxylic acids is 1. The highest BCUT2D eigenvalue weighted by atomic mass is 127. The first kappa shape index (κ1) is 24.7. The standard InChI is InChI=1S/C17H27ClN4O3.HI/c1-4-19-17(22-12-16(23)20-9-10-24-3)21-11-13(2)25-15-7-5-14(18)6-8-15;/h5-8,13H,4,9-12H2,1-3H3,(H,20,23)(H2,19,21,22);1H. The van der Waals surface area contributed by atoms with E-state index >= 15 is 0 Å². The third kappa shape index (κ3) is 11.4.